The lowest BCUT2D eigenvalue weighted by molar-refractivity contribution is 1.23. The summed E-state index contributed by atoms with van der Waals surface area (Å²) in [6.07, 6.45) is 4.30. The van der Waals surface area contributed by atoms with E-state index in [1.165, 1.54) is 28.1 Å². The van der Waals surface area contributed by atoms with E-state index in [1.54, 1.807) is 0 Å². The standard InChI is InChI=1S/C22H21N/c1-18-10-6-8-14-21(18)23(22-15-9-7-11-19(22)2)17-16-20-12-4-3-5-13-20/h3-17H,1-2H3. The van der Waals surface area contributed by atoms with Gasteiger partial charge in [-0.2, -0.15) is 0 Å². The SMILES string of the molecule is Cc1ccccc1N(C=Cc1ccccc1)c1ccccc1C. The number of rotatable bonds is 4. The minimum absolute atomic E-state index is 1.19. The van der Waals surface area contributed by atoms with Crippen molar-refractivity contribution in [3.63, 3.8) is 0 Å². The quantitative estimate of drug-likeness (QED) is 0.561. The first-order chi connectivity index (χ1) is 11.3. The molecule has 0 bridgehead atoms. The topological polar surface area (TPSA) is 3.24 Å². The van der Waals surface area contributed by atoms with Crippen molar-refractivity contribution in [2.75, 3.05) is 4.90 Å². The summed E-state index contributed by atoms with van der Waals surface area (Å²) in [6, 6.07) is 27.4. The van der Waals surface area contributed by atoms with Gasteiger partial charge in [0.2, 0.25) is 0 Å². The maximum Gasteiger partial charge on any atom is 0.0484 e. The van der Waals surface area contributed by atoms with Crippen LogP contribution in [-0.4, -0.2) is 0 Å². The van der Waals surface area contributed by atoms with Crippen molar-refractivity contribution in [3.05, 3.63) is 102 Å². The zero-order valence-electron chi connectivity index (χ0n) is 13.6. The average molecular weight is 299 g/mol. The zero-order valence-corrected chi connectivity index (χ0v) is 13.6. The normalized spacial score (nSPS) is 10.9. The molecule has 3 aromatic carbocycles. The fraction of sp³-hybridized carbons (Fsp3) is 0.0909. The molecule has 0 saturated heterocycles. The molecule has 1 heteroatoms. The lowest BCUT2D eigenvalue weighted by Crippen LogP contribution is -2.11. The van der Waals surface area contributed by atoms with E-state index in [2.05, 4.69) is 104 Å². The molecule has 3 rings (SSSR count). The van der Waals surface area contributed by atoms with Gasteiger partial charge in [0.1, 0.15) is 0 Å². The van der Waals surface area contributed by atoms with Crippen LogP contribution in [0.1, 0.15) is 16.7 Å². The maximum atomic E-state index is 2.26. The van der Waals surface area contributed by atoms with Crippen LogP contribution in [0.15, 0.2) is 85.1 Å². The Bertz CT molecular complexity index is 757. The molecule has 0 spiro atoms. The molecular formula is C22H21N. The van der Waals surface area contributed by atoms with Gasteiger partial charge in [0.25, 0.3) is 0 Å². The highest BCUT2D eigenvalue weighted by atomic mass is 15.1. The van der Waals surface area contributed by atoms with Crippen molar-refractivity contribution in [1.82, 2.24) is 0 Å². The summed E-state index contributed by atoms with van der Waals surface area (Å²) in [5, 5.41) is 0. The first-order valence-corrected chi connectivity index (χ1v) is 7.89. The Hall–Kier alpha value is -2.80. The molecule has 3 aromatic rings. The predicted molar refractivity (Wildman–Crippen MR) is 100.0 cm³/mol. The Labute approximate surface area is 138 Å². The Balaban J connectivity index is 2.06. The van der Waals surface area contributed by atoms with Gasteiger partial charge < -0.3 is 4.90 Å². The maximum absolute atomic E-state index is 2.26. The highest BCUT2D eigenvalue weighted by molar-refractivity contribution is 5.73. The molecule has 1 nitrogen and oxygen atoms in total. The van der Waals surface area contributed by atoms with Crippen molar-refractivity contribution in [3.8, 4) is 0 Å². The smallest absolute Gasteiger partial charge is 0.0484 e. The van der Waals surface area contributed by atoms with E-state index in [9.17, 15) is 0 Å². The monoisotopic (exact) mass is 299 g/mol. The van der Waals surface area contributed by atoms with Crippen molar-refractivity contribution in [2.45, 2.75) is 13.8 Å². The second-order valence-electron chi connectivity index (χ2n) is 5.67. The largest absolute Gasteiger partial charge is 0.317 e. The van der Waals surface area contributed by atoms with E-state index >= 15 is 0 Å². The van der Waals surface area contributed by atoms with Gasteiger partial charge >= 0.3 is 0 Å². The van der Waals surface area contributed by atoms with Crippen LogP contribution in [0, 0.1) is 13.8 Å². The molecule has 0 aliphatic rings. The van der Waals surface area contributed by atoms with Gasteiger partial charge in [-0.1, -0.05) is 66.7 Å². The van der Waals surface area contributed by atoms with Gasteiger partial charge in [0.05, 0.1) is 0 Å². The fourth-order valence-electron chi connectivity index (χ4n) is 2.68. The number of nitrogens with zero attached hydrogens (tertiary/aromatic N) is 1. The van der Waals surface area contributed by atoms with Gasteiger partial charge in [0, 0.05) is 17.6 Å². The average Bonchev–Trinajstić information content (AvgIpc) is 2.59. The highest BCUT2D eigenvalue weighted by Crippen LogP contribution is 2.31. The van der Waals surface area contributed by atoms with Gasteiger partial charge in [-0.3, -0.25) is 0 Å². The zero-order chi connectivity index (χ0) is 16.1. The molecule has 0 amide bonds. The van der Waals surface area contributed by atoms with E-state index < -0.39 is 0 Å². The molecule has 0 aliphatic carbocycles. The number of hydrogen-bond acceptors (Lipinski definition) is 1. The summed E-state index contributed by atoms with van der Waals surface area (Å²) >= 11 is 0. The third kappa shape index (κ3) is 3.51. The molecule has 0 aliphatic heterocycles. The lowest BCUT2D eigenvalue weighted by atomic mass is 10.1. The minimum atomic E-state index is 1.19. The van der Waals surface area contributed by atoms with Gasteiger partial charge in [-0.25, -0.2) is 0 Å². The molecule has 0 atom stereocenters. The van der Waals surface area contributed by atoms with Gasteiger partial charge in [-0.15, -0.1) is 0 Å². The van der Waals surface area contributed by atoms with Crippen molar-refractivity contribution in [1.29, 1.82) is 0 Å². The summed E-state index contributed by atoms with van der Waals surface area (Å²) in [6.45, 7) is 4.30. The summed E-state index contributed by atoms with van der Waals surface area (Å²) in [5.74, 6) is 0. The number of para-hydroxylation sites is 2. The minimum Gasteiger partial charge on any atom is -0.317 e. The van der Waals surface area contributed by atoms with E-state index in [0.717, 1.165) is 0 Å². The number of benzene rings is 3. The number of hydrogen-bond donors (Lipinski definition) is 0. The van der Waals surface area contributed by atoms with E-state index in [4.69, 9.17) is 0 Å². The second kappa shape index (κ2) is 6.97. The summed E-state index contributed by atoms with van der Waals surface area (Å²) < 4.78 is 0. The van der Waals surface area contributed by atoms with Crippen molar-refractivity contribution < 1.29 is 0 Å². The van der Waals surface area contributed by atoms with Crippen molar-refractivity contribution >= 4 is 17.5 Å². The molecule has 23 heavy (non-hydrogen) atoms. The molecule has 0 unspecified atom stereocenters. The lowest BCUT2D eigenvalue weighted by Gasteiger charge is -2.24. The van der Waals surface area contributed by atoms with Crippen LogP contribution in [0.5, 0.6) is 0 Å². The van der Waals surface area contributed by atoms with Crippen LogP contribution in [0.3, 0.4) is 0 Å². The summed E-state index contributed by atoms with van der Waals surface area (Å²) in [4.78, 5) is 2.26. The highest BCUT2D eigenvalue weighted by Gasteiger charge is 2.10. The fourth-order valence-corrected chi connectivity index (χ4v) is 2.68. The first-order valence-electron chi connectivity index (χ1n) is 7.89. The Morgan fingerprint density at radius 2 is 1.09 bits per heavy atom. The Morgan fingerprint density at radius 3 is 1.61 bits per heavy atom. The van der Waals surface area contributed by atoms with Crippen LogP contribution >= 0.6 is 0 Å². The third-order valence-corrected chi connectivity index (χ3v) is 3.97. The third-order valence-electron chi connectivity index (χ3n) is 3.97. The van der Waals surface area contributed by atoms with Crippen LogP contribution in [0.2, 0.25) is 0 Å². The molecular weight excluding hydrogens is 278 g/mol. The van der Waals surface area contributed by atoms with E-state index in [0.29, 0.717) is 0 Å². The molecule has 0 radical (unpaired) electrons. The number of aryl methyl sites for hydroxylation is 2. The number of anilines is 2. The second-order valence-corrected chi connectivity index (χ2v) is 5.67. The molecule has 0 aromatic heterocycles. The van der Waals surface area contributed by atoms with Crippen LogP contribution < -0.4 is 4.90 Å². The molecule has 114 valence electrons. The first kappa shape index (κ1) is 15.1. The van der Waals surface area contributed by atoms with Crippen LogP contribution in [0.25, 0.3) is 6.08 Å². The van der Waals surface area contributed by atoms with E-state index in [1.807, 2.05) is 6.07 Å². The molecule has 0 N–H and O–H groups in total. The summed E-state index contributed by atoms with van der Waals surface area (Å²) in [5.41, 5.74) is 6.12. The van der Waals surface area contributed by atoms with Gasteiger partial charge in [0.15, 0.2) is 0 Å². The Kier molecular flexibility index (Phi) is 4.58. The predicted octanol–water partition coefficient (Wildman–Crippen LogP) is 6.11. The van der Waals surface area contributed by atoms with E-state index in [-0.39, 0.29) is 0 Å². The van der Waals surface area contributed by atoms with Crippen LogP contribution in [-0.2, 0) is 0 Å². The van der Waals surface area contributed by atoms with Crippen molar-refractivity contribution in [2.24, 2.45) is 0 Å². The summed E-state index contributed by atoms with van der Waals surface area (Å²) in [7, 11) is 0. The molecule has 0 saturated carbocycles. The van der Waals surface area contributed by atoms with Crippen LogP contribution in [0.4, 0.5) is 11.4 Å². The Morgan fingerprint density at radius 1 is 0.609 bits per heavy atom. The molecule has 0 heterocycles. The molecule has 0 fully saturated rings. The van der Waals surface area contributed by atoms with Gasteiger partial charge in [-0.05, 0) is 48.7 Å².